The molecule has 0 unspecified atom stereocenters. The summed E-state index contributed by atoms with van der Waals surface area (Å²) in [5.41, 5.74) is 1.51. The predicted octanol–water partition coefficient (Wildman–Crippen LogP) is 2.28. The zero-order chi connectivity index (χ0) is 13.9. The molecule has 2 N–H and O–H groups in total. The molecule has 0 bridgehead atoms. The smallest absolute Gasteiger partial charge is 0.429 e. The highest BCUT2D eigenvalue weighted by Crippen LogP contribution is 2.21. The van der Waals surface area contributed by atoms with Gasteiger partial charge >= 0.3 is 7.69 Å². The largest absolute Gasteiger partial charge is 0.482 e. The van der Waals surface area contributed by atoms with E-state index in [-0.39, 0.29) is 20.1 Å². The van der Waals surface area contributed by atoms with Crippen molar-refractivity contribution in [2.75, 3.05) is 19.6 Å². The molecule has 1 aliphatic heterocycles. The molecule has 1 saturated heterocycles. The first-order chi connectivity index (χ1) is 9.30. The van der Waals surface area contributed by atoms with E-state index in [0.29, 0.717) is 0 Å². The quantitative estimate of drug-likeness (QED) is 0.838. The van der Waals surface area contributed by atoms with Crippen molar-refractivity contribution in [3.63, 3.8) is 0 Å². The number of halogens is 1. The maximum Gasteiger partial charge on any atom is 0.482 e. The minimum absolute atomic E-state index is 0. The van der Waals surface area contributed by atoms with Gasteiger partial charge < -0.3 is 14.9 Å². The van der Waals surface area contributed by atoms with Crippen molar-refractivity contribution in [2.24, 2.45) is 5.92 Å². The van der Waals surface area contributed by atoms with Crippen LogP contribution in [-0.4, -0.2) is 42.3 Å². The summed E-state index contributed by atoms with van der Waals surface area (Å²) in [6, 6.07) is 10.9. The Labute approximate surface area is 129 Å². The average molecular weight is 299 g/mol. The van der Waals surface area contributed by atoms with Gasteiger partial charge in [-0.05, 0) is 56.8 Å². The van der Waals surface area contributed by atoms with Crippen LogP contribution in [0.3, 0.4) is 0 Å². The lowest BCUT2D eigenvalue weighted by Gasteiger charge is -2.31. The molecule has 0 aliphatic carbocycles. The van der Waals surface area contributed by atoms with E-state index in [2.05, 4.69) is 42.2 Å². The molecule has 3 nitrogen and oxygen atoms in total. The van der Waals surface area contributed by atoms with Gasteiger partial charge in [0.2, 0.25) is 0 Å². The number of piperidine rings is 1. The van der Waals surface area contributed by atoms with E-state index in [4.69, 9.17) is 10.0 Å². The standard InChI is InChI=1S/C15H23N.BH2O2.ClH/c1-2-10-16-11-8-15(9-12-16)13-14-6-4-3-5-7-14;2-1-3;/h3-7,15H,2,8-13H2,1H3;2-3H;1H. The lowest BCUT2D eigenvalue weighted by atomic mass is 9.90. The van der Waals surface area contributed by atoms with Gasteiger partial charge in [0, 0.05) is 0 Å². The molecule has 2 rings (SSSR count). The zero-order valence-corrected chi connectivity index (χ0v) is 13.1. The molecule has 0 saturated carbocycles. The Bertz CT molecular complexity index is 319. The summed E-state index contributed by atoms with van der Waals surface area (Å²) < 4.78 is 0. The summed E-state index contributed by atoms with van der Waals surface area (Å²) in [4.78, 5) is 2.61. The second-order valence-electron chi connectivity index (χ2n) is 5.09. The maximum atomic E-state index is 7.00. The monoisotopic (exact) mass is 298 g/mol. The van der Waals surface area contributed by atoms with Crippen molar-refractivity contribution in [3.05, 3.63) is 35.9 Å². The second kappa shape index (κ2) is 12.2. The van der Waals surface area contributed by atoms with Crippen molar-refractivity contribution >= 4 is 20.1 Å². The zero-order valence-electron chi connectivity index (χ0n) is 12.2. The lowest BCUT2D eigenvalue weighted by Crippen LogP contribution is -2.34. The summed E-state index contributed by atoms with van der Waals surface area (Å²) >= 11 is 0. The highest BCUT2D eigenvalue weighted by atomic mass is 35.5. The Hall–Kier alpha value is -0.545. The predicted molar refractivity (Wildman–Crippen MR) is 87.0 cm³/mol. The van der Waals surface area contributed by atoms with E-state index in [1.807, 2.05) is 0 Å². The highest BCUT2D eigenvalue weighted by molar-refractivity contribution is 6.13. The molecule has 1 heterocycles. The van der Waals surface area contributed by atoms with Crippen LogP contribution in [0.2, 0.25) is 0 Å². The molecule has 1 aromatic rings. The molecule has 0 aromatic heterocycles. The molecule has 0 spiro atoms. The minimum Gasteiger partial charge on any atom is -0.429 e. The normalized spacial score (nSPS) is 15.8. The van der Waals surface area contributed by atoms with E-state index in [0.717, 1.165) is 5.92 Å². The van der Waals surface area contributed by atoms with Crippen LogP contribution >= 0.6 is 12.4 Å². The molecule has 1 radical (unpaired) electrons. The summed E-state index contributed by atoms with van der Waals surface area (Å²) in [6.07, 6.45) is 5.34. The maximum absolute atomic E-state index is 7.00. The van der Waals surface area contributed by atoms with Gasteiger partial charge in [-0.3, -0.25) is 0 Å². The van der Waals surface area contributed by atoms with Crippen LogP contribution in [0.15, 0.2) is 30.3 Å². The van der Waals surface area contributed by atoms with Crippen molar-refractivity contribution in [1.29, 1.82) is 0 Å². The fourth-order valence-electron chi connectivity index (χ4n) is 2.68. The van der Waals surface area contributed by atoms with Crippen LogP contribution < -0.4 is 0 Å². The molecular weight excluding hydrogens is 272 g/mol. The number of hydrogen-bond donors (Lipinski definition) is 2. The minimum atomic E-state index is 0. The Morgan fingerprint density at radius 1 is 1.15 bits per heavy atom. The second-order valence-corrected chi connectivity index (χ2v) is 5.09. The molecule has 5 heteroatoms. The van der Waals surface area contributed by atoms with Gasteiger partial charge in [0.25, 0.3) is 0 Å². The number of nitrogens with zero attached hydrogens (tertiary/aromatic N) is 1. The topological polar surface area (TPSA) is 43.7 Å². The number of rotatable bonds is 4. The van der Waals surface area contributed by atoms with Crippen molar-refractivity contribution < 1.29 is 10.0 Å². The number of hydrogen-bond acceptors (Lipinski definition) is 3. The summed E-state index contributed by atoms with van der Waals surface area (Å²) in [7, 11) is 0. The van der Waals surface area contributed by atoms with Crippen molar-refractivity contribution in [3.8, 4) is 0 Å². The van der Waals surface area contributed by atoms with E-state index in [9.17, 15) is 0 Å². The third-order valence-corrected chi connectivity index (χ3v) is 3.61. The summed E-state index contributed by atoms with van der Waals surface area (Å²) in [5.74, 6) is 0.913. The average Bonchev–Trinajstić information content (AvgIpc) is 2.43. The Morgan fingerprint density at radius 2 is 1.70 bits per heavy atom. The third-order valence-electron chi connectivity index (χ3n) is 3.61. The van der Waals surface area contributed by atoms with Gasteiger partial charge in [0.1, 0.15) is 0 Å². The van der Waals surface area contributed by atoms with Gasteiger partial charge in [-0.2, -0.15) is 0 Å². The lowest BCUT2D eigenvalue weighted by molar-refractivity contribution is 0.184. The van der Waals surface area contributed by atoms with Gasteiger partial charge in [-0.15, -0.1) is 12.4 Å². The van der Waals surface area contributed by atoms with E-state index in [1.165, 1.54) is 50.9 Å². The van der Waals surface area contributed by atoms with Gasteiger partial charge in [-0.25, -0.2) is 0 Å². The first kappa shape index (κ1) is 19.5. The van der Waals surface area contributed by atoms with Crippen molar-refractivity contribution in [1.82, 2.24) is 4.90 Å². The molecule has 1 fully saturated rings. The van der Waals surface area contributed by atoms with Crippen LogP contribution in [-0.2, 0) is 6.42 Å². The first-order valence-corrected chi connectivity index (χ1v) is 7.16. The summed E-state index contributed by atoms with van der Waals surface area (Å²) in [6.45, 7) is 6.19. The summed E-state index contributed by atoms with van der Waals surface area (Å²) in [5, 5.41) is 14.0. The van der Waals surface area contributed by atoms with E-state index >= 15 is 0 Å². The van der Waals surface area contributed by atoms with Crippen LogP contribution in [0.4, 0.5) is 0 Å². The molecule has 0 atom stereocenters. The SMILES string of the molecule is CCCN1CCC(Cc2ccccc2)CC1.Cl.O[B]O. The molecule has 1 aromatic carbocycles. The Morgan fingerprint density at radius 3 is 2.20 bits per heavy atom. The molecule has 1 aliphatic rings. The van der Waals surface area contributed by atoms with Gasteiger partial charge in [0.05, 0.1) is 0 Å². The third kappa shape index (κ3) is 7.90. The van der Waals surface area contributed by atoms with Crippen LogP contribution in [0.25, 0.3) is 0 Å². The molecule has 0 amide bonds. The number of likely N-dealkylation sites (tertiary alicyclic amines) is 1. The molecular formula is C15H26BClNO2. The van der Waals surface area contributed by atoms with E-state index in [1.54, 1.807) is 0 Å². The molecule has 113 valence electrons. The van der Waals surface area contributed by atoms with Crippen LogP contribution in [0.1, 0.15) is 31.7 Å². The van der Waals surface area contributed by atoms with Gasteiger partial charge in [0.15, 0.2) is 0 Å². The van der Waals surface area contributed by atoms with Crippen molar-refractivity contribution in [2.45, 2.75) is 32.6 Å². The first-order valence-electron chi connectivity index (χ1n) is 7.16. The fraction of sp³-hybridized carbons (Fsp3) is 0.600. The highest BCUT2D eigenvalue weighted by Gasteiger charge is 2.18. The van der Waals surface area contributed by atoms with Gasteiger partial charge in [-0.1, -0.05) is 37.3 Å². The Kier molecular flexibility index (Phi) is 11.9. The fourth-order valence-corrected chi connectivity index (χ4v) is 2.68. The van der Waals surface area contributed by atoms with E-state index < -0.39 is 0 Å². The van der Waals surface area contributed by atoms with Crippen LogP contribution in [0, 0.1) is 5.92 Å². The molecule has 20 heavy (non-hydrogen) atoms. The Balaban J connectivity index is 0.000000830. The number of benzene rings is 1. The van der Waals surface area contributed by atoms with Crippen LogP contribution in [0.5, 0.6) is 0 Å².